The van der Waals surface area contributed by atoms with Gasteiger partial charge in [0, 0.05) is 12.1 Å². The third-order valence-corrected chi connectivity index (χ3v) is 2.30. The predicted octanol–water partition coefficient (Wildman–Crippen LogP) is 1.02. The first-order chi connectivity index (χ1) is 5.70. The molecule has 0 radical (unpaired) electrons. The Morgan fingerprint density at radius 3 is 2.67 bits per heavy atom. The fourth-order valence-electron chi connectivity index (χ4n) is 1.20. The summed E-state index contributed by atoms with van der Waals surface area (Å²) in [6, 6.07) is 0. The van der Waals surface area contributed by atoms with Gasteiger partial charge in [0.1, 0.15) is 0 Å². The summed E-state index contributed by atoms with van der Waals surface area (Å²) in [6.45, 7) is 4.78. The number of rotatable bonds is 5. The lowest BCUT2D eigenvalue weighted by Crippen LogP contribution is -2.29. The monoisotopic (exact) mass is 169 g/mol. The number of hydrogen-bond acceptors (Lipinski definition) is 2. The van der Waals surface area contributed by atoms with Crippen molar-refractivity contribution < 1.29 is 9.90 Å². The Balaban J connectivity index is 2.01. The molecule has 0 bridgehead atoms. The highest BCUT2D eigenvalue weighted by atomic mass is 16.4. The van der Waals surface area contributed by atoms with E-state index in [1.807, 2.05) is 0 Å². The molecule has 0 heterocycles. The molecule has 3 heteroatoms. The second-order valence-corrected chi connectivity index (χ2v) is 3.34. The zero-order valence-corrected chi connectivity index (χ0v) is 7.18. The summed E-state index contributed by atoms with van der Waals surface area (Å²) in [5.41, 5.74) is 0.245. The molecule has 0 unspecified atom stereocenters. The van der Waals surface area contributed by atoms with Crippen molar-refractivity contribution in [2.45, 2.75) is 19.3 Å². The Morgan fingerprint density at radius 2 is 2.25 bits per heavy atom. The maximum Gasteiger partial charge on any atom is 0.332 e. The van der Waals surface area contributed by atoms with Crippen LogP contribution in [0, 0.1) is 5.92 Å². The van der Waals surface area contributed by atoms with E-state index in [0.717, 1.165) is 12.5 Å². The lowest BCUT2D eigenvalue weighted by atomic mass is 9.85. The predicted molar refractivity (Wildman–Crippen MR) is 47.0 cm³/mol. The highest BCUT2D eigenvalue weighted by molar-refractivity contribution is 5.86. The van der Waals surface area contributed by atoms with Crippen LogP contribution in [0.25, 0.3) is 0 Å². The molecule has 0 amide bonds. The Labute approximate surface area is 72.5 Å². The molecule has 0 atom stereocenters. The smallest absolute Gasteiger partial charge is 0.332 e. The van der Waals surface area contributed by atoms with Crippen LogP contribution in [0.15, 0.2) is 12.2 Å². The quantitative estimate of drug-likeness (QED) is 0.604. The van der Waals surface area contributed by atoms with Crippen molar-refractivity contribution in [3.05, 3.63) is 12.2 Å². The molecule has 1 aliphatic carbocycles. The van der Waals surface area contributed by atoms with E-state index in [-0.39, 0.29) is 5.57 Å². The third-order valence-electron chi connectivity index (χ3n) is 2.30. The van der Waals surface area contributed by atoms with Crippen molar-refractivity contribution >= 4 is 5.97 Å². The van der Waals surface area contributed by atoms with Crippen LogP contribution in [0.2, 0.25) is 0 Å². The summed E-state index contributed by atoms with van der Waals surface area (Å²) >= 11 is 0. The van der Waals surface area contributed by atoms with E-state index in [2.05, 4.69) is 11.9 Å². The van der Waals surface area contributed by atoms with Gasteiger partial charge in [0.05, 0.1) is 0 Å². The van der Waals surface area contributed by atoms with Crippen LogP contribution in [0.1, 0.15) is 19.3 Å². The average molecular weight is 169 g/mol. The fraction of sp³-hybridized carbons (Fsp3) is 0.667. The second kappa shape index (κ2) is 4.26. The summed E-state index contributed by atoms with van der Waals surface area (Å²) in [5, 5.41) is 11.6. The van der Waals surface area contributed by atoms with Crippen molar-refractivity contribution in [2.75, 3.05) is 13.1 Å². The Morgan fingerprint density at radius 1 is 1.58 bits per heavy atom. The van der Waals surface area contributed by atoms with Crippen molar-refractivity contribution in [3.8, 4) is 0 Å². The van der Waals surface area contributed by atoms with Gasteiger partial charge in [-0.3, -0.25) is 0 Å². The van der Waals surface area contributed by atoms with Crippen molar-refractivity contribution in [2.24, 2.45) is 5.92 Å². The van der Waals surface area contributed by atoms with E-state index >= 15 is 0 Å². The molecule has 0 aromatic carbocycles. The lowest BCUT2D eigenvalue weighted by molar-refractivity contribution is -0.132. The SMILES string of the molecule is C=C(CNCC1CCC1)C(=O)O. The molecule has 0 aromatic rings. The first-order valence-corrected chi connectivity index (χ1v) is 4.32. The number of carboxylic acid groups (broad SMARTS) is 1. The number of carbonyl (C=O) groups is 1. The first-order valence-electron chi connectivity index (χ1n) is 4.32. The molecule has 0 aliphatic heterocycles. The minimum atomic E-state index is -0.906. The summed E-state index contributed by atoms with van der Waals surface area (Å²) in [6.07, 6.45) is 3.89. The fourth-order valence-corrected chi connectivity index (χ4v) is 1.20. The summed E-state index contributed by atoms with van der Waals surface area (Å²) < 4.78 is 0. The molecule has 1 rings (SSSR count). The number of aliphatic carboxylic acids is 1. The van der Waals surface area contributed by atoms with E-state index < -0.39 is 5.97 Å². The molecule has 0 aromatic heterocycles. The molecular weight excluding hydrogens is 154 g/mol. The van der Waals surface area contributed by atoms with Crippen LogP contribution in [0.5, 0.6) is 0 Å². The van der Waals surface area contributed by atoms with Gasteiger partial charge in [-0.05, 0) is 25.3 Å². The Hall–Kier alpha value is -0.830. The molecule has 1 saturated carbocycles. The summed E-state index contributed by atoms with van der Waals surface area (Å²) in [4.78, 5) is 10.3. The zero-order chi connectivity index (χ0) is 8.97. The number of hydrogen-bond donors (Lipinski definition) is 2. The normalized spacial score (nSPS) is 17.0. The second-order valence-electron chi connectivity index (χ2n) is 3.34. The molecule has 2 N–H and O–H groups in total. The van der Waals surface area contributed by atoms with Gasteiger partial charge in [0.15, 0.2) is 0 Å². The average Bonchev–Trinajstić information content (AvgIpc) is 1.93. The highest BCUT2D eigenvalue weighted by Gasteiger charge is 2.16. The van der Waals surface area contributed by atoms with Crippen LogP contribution in [0.4, 0.5) is 0 Å². The van der Waals surface area contributed by atoms with E-state index in [1.165, 1.54) is 19.3 Å². The van der Waals surface area contributed by atoms with E-state index in [9.17, 15) is 4.79 Å². The van der Waals surface area contributed by atoms with Crippen LogP contribution < -0.4 is 5.32 Å². The van der Waals surface area contributed by atoms with Crippen molar-refractivity contribution in [1.29, 1.82) is 0 Å². The molecule has 3 nitrogen and oxygen atoms in total. The van der Waals surface area contributed by atoms with E-state index in [0.29, 0.717) is 6.54 Å². The van der Waals surface area contributed by atoms with Crippen LogP contribution in [0.3, 0.4) is 0 Å². The van der Waals surface area contributed by atoms with Gasteiger partial charge in [-0.1, -0.05) is 13.0 Å². The molecule has 1 aliphatic rings. The lowest BCUT2D eigenvalue weighted by Gasteiger charge is -2.25. The minimum Gasteiger partial charge on any atom is -0.478 e. The maximum absolute atomic E-state index is 10.3. The summed E-state index contributed by atoms with van der Waals surface area (Å²) in [7, 11) is 0. The number of carboxylic acids is 1. The number of nitrogens with one attached hydrogen (secondary N) is 1. The van der Waals surface area contributed by atoms with Crippen LogP contribution >= 0.6 is 0 Å². The first kappa shape index (κ1) is 9.26. The third kappa shape index (κ3) is 2.66. The van der Waals surface area contributed by atoms with Gasteiger partial charge in [-0.25, -0.2) is 4.79 Å². The Kier molecular flexibility index (Phi) is 3.29. The minimum absolute atomic E-state index is 0.245. The van der Waals surface area contributed by atoms with Gasteiger partial charge in [-0.2, -0.15) is 0 Å². The molecule has 1 fully saturated rings. The largest absolute Gasteiger partial charge is 0.478 e. The standard InChI is InChI=1S/C9H15NO2/c1-7(9(11)12)5-10-6-8-3-2-4-8/h8,10H,1-6H2,(H,11,12). The van der Waals surface area contributed by atoms with Gasteiger partial charge in [0.25, 0.3) is 0 Å². The molecular formula is C9H15NO2. The topological polar surface area (TPSA) is 49.3 Å². The molecule has 12 heavy (non-hydrogen) atoms. The summed E-state index contributed by atoms with van der Waals surface area (Å²) in [5.74, 6) is -0.136. The van der Waals surface area contributed by atoms with Gasteiger partial charge in [-0.15, -0.1) is 0 Å². The molecule has 0 saturated heterocycles. The van der Waals surface area contributed by atoms with Crippen LogP contribution in [-0.2, 0) is 4.79 Å². The Bertz CT molecular complexity index is 185. The van der Waals surface area contributed by atoms with Gasteiger partial charge >= 0.3 is 5.97 Å². The van der Waals surface area contributed by atoms with Gasteiger partial charge < -0.3 is 10.4 Å². The van der Waals surface area contributed by atoms with Crippen molar-refractivity contribution in [3.63, 3.8) is 0 Å². The van der Waals surface area contributed by atoms with Gasteiger partial charge in [0.2, 0.25) is 0 Å². The maximum atomic E-state index is 10.3. The molecule has 0 spiro atoms. The zero-order valence-electron chi connectivity index (χ0n) is 7.18. The highest BCUT2D eigenvalue weighted by Crippen LogP contribution is 2.24. The van der Waals surface area contributed by atoms with Crippen LogP contribution in [-0.4, -0.2) is 24.2 Å². The van der Waals surface area contributed by atoms with E-state index in [4.69, 9.17) is 5.11 Å². The molecule has 68 valence electrons. The van der Waals surface area contributed by atoms with E-state index in [1.54, 1.807) is 0 Å². The van der Waals surface area contributed by atoms with Crippen molar-refractivity contribution in [1.82, 2.24) is 5.32 Å².